The lowest BCUT2D eigenvalue weighted by atomic mass is 10.2. The average molecular weight is 341 g/mol. The minimum absolute atomic E-state index is 0.0676. The van der Waals surface area contributed by atoms with Crippen molar-refractivity contribution < 1.29 is 9.59 Å². The number of nitrogens with one attached hydrogen (secondary N) is 2. The Morgan fingerprint density at radius 2 is 2.33 bits per heavy atom. The molecule has 2 amide bonds. The van der Waals surface area contributed by atoms with Crippen LogP contribution in [-0.4, -0.2) is 27.3 Å². The molecule has 2 aromatic rings. The van der Waals surface area contributed by atoms with Gasteiger partial charge in [-0.25, -0.2) is 0 Å². The smallest absolute Gasteiger partial charge is 0.238 e. The first kappa shape index (κ1) is 14.3. The van der Waals surface area contributed by atoms with Gasteiger partial charge in [0.25, 0.3) is 0 Å². The predicted octanol–water partition coefficient (Wildman–Crippen LogP) is 2.63. The molecule has 0 radical (unpaired) electrons. The normalized spacial score (nSPS) is 17.0. The number of rotatable bonds is 3. The van der Waals surface area contributed by atoms with E-state index in [2.05, 4.69) is 20.8 Å². The maximum absolute atomic E-state index is 12.0. The zero-order valence-corrected chi connectivity index (χ0v) is 12.9. The first-order chi connectivity index (χ1) is 10.1. The van der Waals surface area contributed by atoms with E-state index in [-0.39, 0.29) is 18.2 Å². The summed E-state index contributed by atoms with van der Waals surface area (Å²) >= 11 is 8.47. The van der Waals surface area contributed by atoms with Crippen LogP contribution in [0.1, 0.15) is 6.42 Å². The van der Waals surface area contributed by atoms with Gasteiger partial charge in [0.15, 0.2) is 0 Å². The van der Waals surface area contributed by atoms with Crippen molar-refractivity contribution in [2.75, 3.05) is 10.6 Å². The van der Waals surface area contributed by atoms with Gasteiger partial charge in [0.05, 0.1) is 10.9 Å². The van der Waals surface area contributed by atoms with E-state index in [9.17, 15) is 9.59 Å². The second kappa shape index (κ2) is 6.00. The first-order valence-electron chi connectivity index (χ1n) is 5.95. The van der Waals surface area contributed by atoms with Crippen LogP contribution in [0.4, 0.5) is 10.8 Å². The lowest BCUT2D eigenvalue weighted by Crippen LogP contribution is -2.32. The number of hydrogen-bond donors (Lipinski definition) is 2. The fourth-order valence-corrected chi connectivity index (χ4v) is 3.55. The summed E-state index contributed by atoms with van der Waals surface area (Å²) in [5, 5.41) is 13.2. The van der Waals surface area contributed by atoms with Crippen LogP contribution in [0.2, 0.25) is 5.02 Å². The van der Waals surface area contributed by atoms with Gasteiger partial charge in [-0.3, -0.25) is 9.59 Å². The van der Waals surface area contributed by atoms with Gasteiger partial charge in [-0.1, -0.05) is 22.9 Å². The molecule has 1 aromatic heterocycles. The van der Waals surface area contributed by atoms with Gasteiger partial charge >= 0.3 is 0 Å². The third kappa shape index (κ3) is 3.34. The summed E-state index contributed by atoms with van der Waals surface area (Å²) < 4.78 is 0. The van der Waals surface area contributed by atoms with Gasteiger partial charge in [-0.15, -0.1) is 22.0 Å². The molecule has 0 saturated carbocycles. The minimum Gasteiger partial charge on any atom is -0.324 e. The van der Waals surface area contributed by atoms with Crippen molar-refractivity contribution in [3.63, 3.8) is 0 Å². The van der Waals surface area contributed by atoms with Crippen molar-refractivity contribution >= 4 is 57.3 Å². The molecule has 6 nitrogen and oxygen atoms in total. The van der Waals surface area contributed by atoms with E-state index in [0.29, 0.717) is 15.8 Å². The van der Waals surface area contributed by atoms with E-state index < -0.39 is 5.25 Å². The fourth-order valence-electron chi connectivity index (χ4n) is 1.82. The number of aromatic nitrogens is 2. The van der Waals surface area contributed by atoms with Crippen molar-refractivity contribution in [3.8, 4) is 0 Å². The monoisotopic (exact) mass is 340 g/mol. The number of halogens is 1. The van der Waals surface area contributed by atoms with E-state index >= 15 is 0 Å². The molecule has 2 heterocycles. The van der Waals surface area contributed by atoms with Crippen molar-refractivity contribution in [1.82, 2.24) is 10.2 Å². The Balaban J connectivity index is 1.68. The SMILES string of the molecule is O=C(CC1Sc2ccc(Cl)cc2NC1=O)Nc1nncs1. The van der Waals surface area contributed by atoms with Crippen LogP contribution in [0.15, 0.2) is 28.6 Å². The summed E-state index contributed by atoms with van der Waals surface area (Å²) in [6.07, 6.45) is 0.0676. The van der Waals surface area contributed by atoms with Gasteiger partial charge in [-0.05, 0) is 18.2 Å². The molecule has 1 atom stereocenters. The first-order valence-corrected chi connectivity index (χ1v) is 8.08. The van der Waals surface area contributed by atoms with Gasteiger partial charge in [0.1, 0.15) is 5.51 Å². The lowest BCUT2D eigenvalue weighted by Gasteiger charge is -2.23. The number of carbonyl (C=O) groups is 2. The zero-order valence-electron chi connectivity index (χ0n) is 10.5. The number of hydrogen-bond acceptors (Lipinski definition) is 6. The molecule has 108 valence electrons. The molecule has 1 unspecified atom stereocenters. The van der Waals surface area contributed by atoms with Crippen molar-refractivity contribution in [3.05, 3.63) is 28.7 Å². The Morgan fingerprint density at radius 1 is 1.48 bits per heavy atom. The minimum atomic E-state index is -0.480. The molecule has 1 aromatic carbocycles. The summed E-state index contributed by atoms with van der Waals surface area (Å²) in [5.41, 5.74) is 2.20. The van der Waals surface area contributed by atoms with E-state index in [0.717, 1.165) is 4.90 Å². The standard InChI is InChI=1S/C12H9ClN4O2S2/c13-6-1-2-8-7(3-6)15-11(19)9(21-8)4-10(18)16-12-17-14-5-20-12/h1-3,5,9H,4H2,(H,15,19)(H,16,17,18). The molecule has 9 heteroatoms. The Hall–Kier alpha value is -1.64. The van der Waals surface area contributed by atoms with Crippen LogP contribution < -0.4 is 10.6 Å². The highest BCUT2D eigenvalue weighted by Crippen LogP contribution is 2.38. The van der Waals surface area contributed by atoms with Crippen LogP contribution in [0.25, 0.3) is 0 Å². The Kier molecular flexibility index (Phi) is 4.09. The second-order valence-corrected chi connectivity index (χ2v) is 6.75. The van der Waals surface area contributed by atoms with Crippen LogP contribution in [0.3, 0.4) is 0 Å². The fraction of sp³-hybridized carbons (Fsp3) is 0.167. The van der Waals surface area contributed by atoms with Crippen LogP contribution in [-0.2, 0) is 9.59 Å². The topological polar surface area (TPSA) is 84.0 Å². The summed E-state index contributed by atoms with van der Waals surface area (Å²) in [5.74, 6) is -0.473. The van der Waals surface area contributed by atoms with Gasteiger partial charge < -0.3 is 10.6 Å². The van der Waals surface area contributed by atoms with Crippen molar-refractivity contribution in [2.45, 2.75) is 16.6 Å². The number of carbonyl (C=O) groups excluding carboxylic acids is 2. The predicted molar refractivity (Wildman–Crippen MR) is 82.9 cm³/mol. The van der Waals surface area contributed by atoms with E-state index in [1.807, 2.05) is 6.07 Å². The summed E-state index contributed by atoms with van der Waals surface area (Å²) in [6, 6.07) is 5.28. The molecule has 0 saturated heterocycles. The third-order valence-corrected chi connectivity index (χ3v) is 4.86. The summed E-state index contributed by atoms with van der Waals surface area (Å²) in [4.78, 5) is 24.8. The summed E-state index contributed by atoms with van der Waals surface area (Å²) in [7, 11) is 0. The Morgan fingerprint density at radius 3 is 3.10 bits per heavy atom. The number of benzene rings is 1. The van der Waals surface area contributed by atoms with Gasteiger partial charge in [0.2, 0.25) is 16.9 Å². The molecular formula is C12H9ClN4O2S2. The van der Waals surface area contributed by atoms with Gasteiger partial charge in [-0.2, -0.15) is 0 Å². The molecule has 0 bridgehead atoms. The number of thioether (sulfide) groups is 1. The highest BCUT2D eigenvalue weighted by molar-refractivity contribution is 8.01. The largest absolute Gasteiger partial charge is 0.324 e. The number of anilines is 2. The number of nitrogens with zero attached hydrogens (tertiary/aromatic N) is 2. The zero-order chi connectivity index (χ0) is 14.8. The van der Waals surface area contributed by atoms with Crippen molar-refractivity contribution in [2.24, 2.45) is 0 Å². The maximum atomic E-state index is 12.0. The molecule has 3 rings (SSSR count). The molecule has 2 N–H and O–H groups in total. The van der Waals surface area contributed by atoms with E-state index in [1.54, 1.807) is 12.1 Å². The third-order valence-electron chi connectivity index (χ3n) is 2.74. The van der Waals surface area contributed by atoms with Crippen LogP contribution in [0.5, 0.6) is 0 Å². The molecule has 1 aliphatic rings. The molecule has 0 aliphatic carbocycles. The average Bonchev–Trinajstić information content (AvgIpc) is 2.92. The van der Waals surface area contributed by atoms with E-state index in [4.69, 9.17) is 11.6 Å². The van der Waals surface area contributed by atoms with Crippen LogP contribution >= 0.6 is 34.7 Å². The maximum Gasteiger partial charge on any atom is 0.238 e. The Bertz CT molecular complexity index is 693. The second-order valence-electron chi connectivity index (χ2n) is 4.23. The molecular weight excluding hydrogens is 332 g/mol. The number of fused-ring (bicyclic) bond motifs is 1. The Labute approximate surface area is 133 Å². The quantitative estimate of drug-likeness (QED) is 0.897. The molecule has 1 aliphatic heterocycles. The summed E-state index contributed by atoms with van der Waals surface area (Å²) in [6.45, 7) is 0. The molecule has 21 heavy (non-hydrogen) atoms. The molecule has 0 spiro atoms. The van der Waals surface area contributed by atoms with Crippen molar-refractivity contribution in [1.29, 1.82) is 0 Å². The highest BCUT2D eigenvalue weighted by atomic mass is 35.5. The van der Waals surface area contributed by atoms with Crippen LogP contribution in [0, 0.1) is 0 Å². The van der Waals surface area contributed by atoms with E-state index in [1.165, 1.54) is 28.6 Å². The number of amides is 2. The highest BCUT2D eigenvalue weighted by Gasteiger charge is 2.29. The van der Waals surface area contributed by atoms with Gasteiger partial charge in [0, 0.05) is 16.3 Å². The molecule has 0 fully saturated rings. The lowest BCUT2D eigenvalue weighted by molar-refractivity contribution is -0.120.